The van der Waals surface area contributed by atoms with Crippen molar-refractivity contribution >= 4 is 34.9 Å². The van der Waals surface area contributed by atoms with Crippen LogP contribution in [0.2, 0.25) is 5.02 Å². The van der Waals surface area contributed by atoms with Gasteiger partial charge in [0.2, 0.25) is 5.91 Å². The molecule has 0 fully saturated rings. The molecule has 1 aromatic rings. The molecule has 0 saturated carbocycles. The van der Waals surface area contributed by atoms with Crippen molar-refractivity contribution < 1.29 is 14.3 Å². The van der Waals surface area contributed by atoms with E-state index in [0.717, 1.165) is 0 Å². The Labute approximate surface area is 109 Å². The molecule has 0 radical (unpaired) electrons. The number of halogens is 2. The molecule has 0 aromatic heterocycles. The number of hydrogen-bond donors (Lipinski definition) is 1. The van der Waals surface area contributed by atoms with Crippen molar-refractivity contribution in [2.45, 2.75) is 0 Å². The van der Waals surface area contributed by atoms with E-state index in [-0.39, 0.29) is 24.1 Å². The minimum atomic E-state index is -0.389. The Balaban J connectivity index is 2.69. The molecule has 0 aliphatic carbocycles. The summed E-state index contributed by atoms with van der Waals surface area (Å²) < 4.78 is 4.96. The standard InChI is InChI=1S/C11H11Cl2NO3/c1-17-10-3-2-7(4-8(10)13)9(15)6-14-11(16)5-12/h2-4H,5-6H2,1H3,(H,14,16). The Kier molecular flexibility index (Phi) is 5.25. The fourth-order valence-electron chi connectivity index (χ4n) is 1.17. The monoisotopic (exact) mass is 275 g/mol. The summed E-state index contributed by atoms with van der Waals surface area (Å²) in [7, 11) is 1.49. The van der Waals surface area contributed by atoms with Crippen LogP contribution in [0.3, 0.4) is 0 Å². The first kappa shape index (κ1) is 13.8. The van der Waals surface area contributed by atoms with Gasteiger partial charge in [0.05, 0.1) is 18.7 Å². The lowest BCUT2D eigenvalue weighted by Crippen LogP contribution is -2.30. The molecule has 4 nitrogen and oxygen atoms in total. The molecule has 1 rings (SSSR count). The number of carbonyl (C=O) groups excluding carboxylic acids is 2. The Bertz CT molecular complexity index is 435. The number of nitrogens with one attached hydrogen (secondary N) is 1. The predicted octanol–water partition coefficient (Wildman–Crippen LogP) is 1.89. The van der Waals surface area contributed by atoms with Crippen molar-refractivity contribution in [2.75, 3.05) is 19.5 Å². The van der Waals surface area contributed by atoms with Crippen molar-refractivity contribution in [1.82, 2.24) is 5.32 Å². The van der Waals surface area contributed by atoms with E-state index < -0.39 is 0 Å². The number of ether oxygens (including phenoxy) is 1. The topological polar surface area (TPSA) is 55.4 Å². The SMILES string of the molecule is COc1ccc(C(=O)CNC(=O)CCl)cc1Cl. The van der Waals surface area contributed by atoms with E-state index in [2.05, 4.69) is 5.32 Å². The van der Waals surface area contributed by atoms with Gasteiger partial charge in [0.1, 0.15) is 11.6 Å². The average molecular weight is 276 g/mol. The lowest BCUT2D eigenvalue weighted by Gasteiger charge is -2.06. The van der Waals surface area contributed by atoms with E-state index >= 15 is 0 Å². The molecule has 0 spiro atoms. The minimum Gasteiger partial charge on any atom is -0.495 e. The van der Waals surface area contributed by atoms with Gasteiger partial charge in [0.15, 0.2) is 5.78 Å². The Morgan fingerprint density at radius 2 is 2.12 bits per heavy atom. The summed E-state index contributed by atoms with van der Waals surface area (Å²) in [6.45, 7) is -0.103. The number of hydrogen-bond acceptors (Lipinski definition) is 3. The second-order valence-corrected chi connectivity index (χ2v) is 3.86. The van der Waals surface area contributed by atoms with Crippen LogP contribution in [0.25, 0.3) is 0 Å². The van der Waals surface area contributed by atoms with Crippen LogP contribution in [-0.2, 0) is 4.79 Å². The lowest BCUT2D eigenvalue weighted by molar-refractivity contribution is -0.118. The zero-order valence-electron chi connectivity index (χ0n) is 9.13. The molecule has 0 unspecified atom stereocenters. The molecule has 92 valence electrons. The quantitative estimate of drug-likeness (QED) is 0.660. The molecule has 1 amide bonds. The predicted molar refractivity (Wildman–Crippen MR) is 66.1 cm³/mol. The van der Waals surface area contributed by atoms with E-state index in [4.69, 9.17) is 27.9 Å². The van der Waals surface area contributed by atoms with Crippen LogP contribution in [0.4, 0.5) is 0 Å². The Morgan fingerprint density at radius 3 is 2.65 bits per heavy atom. The van der Waals surface area contributed by atoms with Crippen molar-refractivity contribution in [1.29, 1.82) is 0 Å². The zero-order chi connectivity index (χ0) is 12.8. The molecule has 0 aliphatic rings. The van der Waals surface area contributed by atoms with Gasteiger partial charge in [0.25, 0.3) is 0 Å². The van der Waals surface area contributed by atoms with E-state index in [1.807, 2.05) is 0 Å². The highest BCUT2D eigenvalue weighted by molar-refractivity contribution is 6.32. The summed E-state index contributed by atoms with van der Waals surface area (Å²) >= 11 is 11.2. The first-order valence-corrected chi connectivity index (χ1v) is 5.69. The summed E-state index contributed by atoms with van der Waals surface area (Å²) in [5.41, 5.74) is 0.408. The maximum Gasteiger partial charge on any atom is 0.235 e. The third-order valence-corrected chi connectivity index (χ3v) is 2.58. The normalized spacial score (nSPS) is 9.82. The number of rotatable bonds is 5. The first-order chi connectivity index (χ1) is 8.08. The molecule has 0 heterocycles. The van der Waals surface area contributed by atoms with Crippen molar-refractivity contribution in [2.24, 2.45) is 0 Å². The number of carbonyl (C=O) groups is 2. The van der Waals surface area contributed by atoms with E-state index in [0.29, 0.717) is 16.3 Å². The van der Waals surface area contributed by atoms with Crippen LogP contribution in [0.5, 0.6) is 5.75 Å². The fraction of sp³-hybridized carbons (Fsp3) is 0.273. The molecule has 0 saturated heterocycles. The van der Waals surface area contributed by atoms with Gasteiger partial charge in [0, 0.05) is 5.56 Å². The smallest absolute Gasteiger partial charge is 0.235 e. The summed E-state index contributed by atoms with van der Waals surface area (Å²) in [5.74, 6) is -0.308. The van der Waals surface area contributed by atoms with Crippen LogP contribution >= 0.6 is 23.2 Å². The summed E-state index contributed by atoms with van der Waals surface area (Å²) in [6.07, 6.45) is 0. The van der Waals surface area contributed by atoms with Gasteiger partial charge in [-0.1, -0.05) is 11.6 Å². The molecule has 0 bridgehead atoms. The molecule has 0 atom stereocenters. The zero-order valence-corrected chi connectivity index (χ0v) is 10.6. The van der Waals surface area contributed by atoms with Gasteiger partial charge >= 0.3 is 0 Å². The number of benzene rings is 1. The van der Waals surface area contributed by atoms with Crippen LogP contribution in [-0.4, -0.2) is 31.2 Å². The van der Waals surface area contributed by atoms with E-state index in [9.17, 15) is 9.59 Å². The van der Waals surface area contributed by atoms with Gasteiger partial charge in [-0.3, -0.25) is 9.59 Å². The van der Waals surface area contributed by atoms with E-state index in [1.165, 1.54) is 13.2 Å². The van der Waals surface area contributed by atoms with Crippen molar-refractivity contribution in [3.63, 3.8) is 0 Å². The number of ketones is 1. The highest BCUT2D eigenvalue weighted by Crippen LogP contribution is 2.24. The summed E-state index contributed by atoms with van der Waals surface area (Å²) in [6, 6.07) is 4.68. The third kappa shape index (κ3) is 3.91. The van der Waals surface area contributed by atoms with Crippen molar-refractivity contribution in [3.05, 3.63) is 28.8 Å². The number of amides is 1. The Morgan fingerprint density at radius 1 is 1.41 bits per heavy atom. The largest absolute Gasteiger partial charge is 0.495 e. The number of Topliss-reactive ketones (excluding diaryl/α,β-unsaturated/α-hetero) is 1. The van der Waals surface area contributed by atoms with Crippen LogP contribution in [0, 0.1) is 0 Å². The highest BCUT2D eigenvalue weighted by atomic mass is 35.5. The fourth-order valence-corrected chi connectivity index (χ4v) is 1.52. The van der Waals surface area contributed by atoms with Crippen LogP contribution in [0.15, 0.2) is 18.2 Å². The molecule has 1 aromatic carbocycles. The average Bonchev–Trinajstić information content (AvgIpc) is 2.35. The second kappa shape index (κ2) is 6.47. The molecule has 0 aliphatic heterocycles. The van der Waals surface area contributed by atoms with Gasteiger partial charge in [-0.15, -0.1) is 11.6 Å². The summed E-state index contributed by atoms with van der Waals surface area (Å²) in [5, 5.41) is 2.73. The lowest BCUT2D eigenvalue weighted by atomic mass is 10.1. The molecular formula is C11H11Cl2NO3. The molecule has 6 heteroatoms. The summed E-state index contributed by atoms with van der Waals surface area (Å²) in [4.78, 5) is 22.5. The Hall–Kier alpha value is -1.26. The van der Waals surface area contributed by atoms with Gasteiger partial charge in [-0.25, -0.2) is 0 Å². The van der Waals surface area contributed by atoms with E-state index in [1.54, 1.807) is 12.1 Å². The third-order valence-electron chi connectivity index (χ3n) is 2.04. The molecular weight excluding hydrogens is 265 g/mol. The second-order valence-electron chi connectivity index (χ2n) is 3.18. The highest BCUT2D eigenvalue weighted by Gasteiger charge is 2.10. The van der Waals surface area contributed by atoms with Crippen LogP contribution in [0.1, 0.15) is 10.4 Å². The molecule has 17 heavy (non-hydrogen) atoms. The van der Waals surface area contributed by atoms with Gasteiger partial charge < -0.3 is 10.1 Å². The minimum absolute atomic E-state index is 0.103. The maximum atomic E-state index is 11.7. The number of alkyl halides is 1. The molecule has 1 N–H and O–H groups in total. The van der Waals surface area contributed by atoms with Crippen LogP contribution < -0.4 is 10.1 Å². The number of methoxy groups -OCH3 is 1. The van der Waals surface area contributed by atoms with Crippen molar-refractivity contribution in [3.8, 4) is 5.75 Å². The van der Waals surface area contributed by atoms with Gasteiger partial charge in [-0.05, 0) is 18.2 Å². The first-order valence-electron chi connectivity index (χ1n) is 4.78. The maximum absolute atomic E-state index is 11.7. The van der Waals surface area contributed by atoms with Gasteiger partial charge in [-0.2, -0.15) is 0 Å².